The molecule has 1 atom stereocenters. The summed E-state index contributed by atoms with van der Waals surface area (Å²) in [6, 6.07) is 19.4. The number of fused-ring (bicyclic) bond motifs is 1. The van der Waals surface area contributed by atoms with Crippen molar-refractivity contribution in [2.45, 2.75) is 19.9 Å². The summed E-state index contributed by atoms with van der Waals surface area (Å²) in [4.78, 5) is 33.5. The molecule has 0 aliphatic heterocycles. The molecule has 0 spiro atoms. The Morgan fingerprint density at radius 2 is 1.71 bits per heavy atom. The predicted octanol–water partition coefficient (Wildman–Crippen LogP) is 4.54. The number of hydrogen-bond donors (Lipinski definition) is 0. The second kappa shape index (κ2) is 9.39. The van der Waals surface area contributed by atoms with Crippen LogP contribution in [-0.2, 0) is 0 Å². The molecule has 0 aliphatic carbocycles. The van der Waals surface area contributed by atoms with Crippen LogP contribution in [0.5, 0.6) is 11.5 Å². The van der Waals surface area contributed by atoms with E-state index in [0.717, 1.165) is 11.3 Å². The highest BCUT2D eigenvalue weighted by Crippen LogP contribution is 2.29. The number of aromatic nitrogens is 2. The van der Waals surface area contributed by atoms with E-state index < -0.39 is 6.04 Å². The van der Waals surface area contributed by atoms with E-state index in [9.17, 15) is 9.59 Å². The van der Waals surface area contributed by atoms with Gasteiger partial charge in [-0.1, -0.05) is 30.3 Å². The summed E-state index contributed by atoms with van der Waals surface area (Å²) in [7, 11) is 4.76. The second-order valence-corrected chi connectivity index (χ2v) is 8.07. The van der Waals surface area contributed by atoms with Crippen molar-refractivity contribution in [3.8, 4) is 17.2 Å². The molecule has 7 nitrogen and oxygen atoms in total. The topological polar surface area (TPSA) is 73.7 Å². The molecule has 1 amide bonds. The molecule has 0 fully saturated rings. The zero-order valence-electron chi connectivity index (χ0n) is 19.9. The fourth-order valence-electron chi connectivity index (χ4n) is 3.99. The van der Waals surface area contributed by atoms with Gasteiger partial charge in [-0.15, -0.1) is 0 Å². The molecular weight excluding hydrogens is 430 g/mol. The van der Waals surface area contributed by atoms with Gasteiger partial charge in [-0.2, -0.15) is 0 Å². The molecule has 7 heteroatoms. The van der Waals surface area contributed by atoms with E-state index in [1.165, 1.54) is 7.11 Å². The van der Waals surface area contributed by atoms with Gasteiger partial charge >= 0.3 is 0 Å². The number of carbonyl (C=O) groups excluding carboxylic acids is 1. The van der Waals surface area contributed by atoms with Gasteiger partial charge < -0.3 is 14.4 Å². The molecule has 0 aliphatic rings. The van der Waals surface area contributed by atoms with Gasteiger partial charge in [0.25, 0.3) is 11.5 Å². The fraction of sp³-hybridized carbons (Fsp3) is 0.222. The fourth-order valence-corrected chi connectivity index (χ4v) is 3.99. The van der Waals surface area contributed by atoms with Gasteiger partial charge in [-0.25, -0.2) is 4.98 Å². The van der Waals surface area contributed by atoms with E-state index in [1.54, 1.807) is 47.9 Å². The molecule has 1 unspecified atom stereocenters. The summed E-state index contributed by atoms with van der Waals surface area (Å²) >= 11 is 0. The van der Waals surface area contributed by atoms with Crippen molar-refractivity contribution in [3.05, 3.63) is 94.0 Å². The Labute approximate surface area is 198 Å². The predicted molar refractivity (Wildman–Crippen MR) is 132 cm³/mol. The van der Waals surface area contributed by atoms with Crippen LogP contribution in [0.2, 0.25) is 0 Å². The minimum Gasteiger partial charge on any atom is -0.497 e. The highest BCUT2D eigenvalue weighted by atomic mass is 16.5. The van der Waals surface area contributed by atoms with Crippen LogP contribution in [0.25, 0.3) is 16.6 Å². The molecule has 1 heterocycles. The van der Waals surface area contributed by atoms with Gasteiger partial charge in [-0.3, -0.25) is 14.2 Å². The third kappa shape index (κ3) is 4.01. The Hall–Kier alpha value is -4.13. The summed E-state index contributed by atoms with van der Waals surface area (Å²) in [5.74, 6) is 1.21. The standard InChI is InChI=1S/C27H27N3O4/c1-17-10-6-9-13-23(17)30-25(28-22-12-8-7-11-20(22)27(30)32)18(2)29(3)26(31)21-15-14-19(33-4)16-24(21)34-5/h6-16,18H,1-5H3. The van der Waals surface area contributed by atoms with Gasteiger partial charge in [0, 0.05) is 13.1 Å². The lowest BCUT2D eigenvalue weighted by atomic mass is 10.1. The molecule has 3 aromatic carbocycles. The van der Waals surface area contributed by atoms with Crippen molar-refractivity contribution >= 4 is 16.8 Å². The molecule has 0 radical (unpaired) electrons. The number of benzene rings is 3. The Balaban J connectivity index is 1.86. The number of rotatable bonds is 6. The molecule has 0 saturated carbocycles. The number of aryl methyl sites for hydroxylation is 1. The molecule has 1 aromatic heterocycles. The first-order valence-electron chi connectivity index (χ1n) is 10.9. The van der Waals surface area contributed by atoms with E-state index in [-0.39, 0.29) is 11.5 Å². The Morgan fingerprint density at radius 1 is 1.00 bits per heavy atom. The van der Waals surface area contributed by atoms with Crippen LogP contribution < -0.4 is 15.0 Å². The van der Waals surface area contributed by atoms with Crippen LogP contribution in [0.4, 0.5) is 0 Å². The first kappa shape index (κ1) is 23.0. The van der Waals surface area contributed by atoms with Crippen LogP contribution in [0.1, 0.15) is 34.7 Å². The SMILES string of the molecule is COc1ccc(C(=O)N(C)C(C)c2nc3ccccc3c(=O)n2-c2ccccc2C)c(OC)c1. The lowest BCUT2D eigenvalue weighted by Crippen LogP contribution is -2.35. The number of nitrogens with zero attached hydrogens (tertiary/aromatic N) is 3. The summed E-state index contributed by atoms with van der Waals surface area (Å²) < 4.78 is 12.3. The maximum Gasteiger partial charge on any atom is 0.266 e. The molecule has 4 rings (SSSR count). The van der Waals surface area contributed by atoms with Crippen molar-refractivity contribution < 1.29 is 14.3 Å². The maximum atomic E-state index is 13.6. The highest BCUT2D eigenvalue weighted by molar-refractivity contribution is 5.97. The van der Waals surface area contributed by atoms with E-state index in [1.807, 2.05) is 56.3 Å². The zero-order chi connectivity index (χ0) is 24.4. The Kier molecular flexibility index (Phi) is 6.36. The monoisotopic (exact) mass is 457 g/mol. The van der Waals surface area contributed by atoms with Gasteiger partial charge in [0.15, 0.2) is 0 Å². The molecular formula is C27H27N3O4. The third-order valence-electron chi connectivity index (χ3n) is 6.07. The minimum atomic E-state index is -0.517. The lowest BCUT2D eigenvalue weighted by Gasteiger charge is -2.28. The van der Waals surface area contributed by atoms with E-state index in [4.69, 9.17) is 14.5 Å². The van der Waals surface area contributed by atoms with Crippen LogP contribution >= 0.6 is 0 Å². The maximum absolute atomic E-state index is 13.6. The summed E-state index contributed by atoms with van der Waals surface area (Å²) in [6.45, 7) is 3.81. The minimum absolute atomic E-state index is 0.176. The van der Waals surface area contributed by atoms with E-state index >= 15 is 0 Å². The average Bonchev–Trinajstić information content (AvgIpc) is 2.87. The number of carbonyl (C=O) groups is 1. The smallest absolute Gasteiger partial charge is 0.266 e. The first-order chi connectivity index (χ1) is 16.4. The zero-order valence-corrected chi connectivity index (χ0v) is 19.9. The van der Waals surface area contributed by atoms with Crippen LogP contribution in [0, 0.1) is 6.92 Å². The van der Waals surface area contributed by atoms with Gasteiger partial charge in [0.2, 0.25) is 0 Å². The van der Waals surface area contributed by atoms with Crippen LogP contribution in [0.15, 0.2) is 71.5 Å². The Morgan fingerprint density at radius 3 is 2.41 bits per heavy atom. The van der Waals surface area contributed by atoms with Gasteiger partial charge in [0.05, 0.1) is 42.4 Å². The molecule has 4 aromatic rings. The quantitative estimate of drug-likeness (QED) is 0.425. The number of para-hydroxylation sites is 2. The average molecular weight is 458 g/mol. The number of ether oxygens (including phenoxy) is 2. The number of amides is 1. The van der Waals surface area contributed by atoms with Gasteiger partial charge in [0.1, 0.15) is 17.3 Å². The molecule has 0 bridgehead atoms. The summed E-state index contributed by atoms with van der Waals surface area (Å²) in [5, 5.41) is 0.521. The summed E-state index contributed by atoms with van der Waals surface area (Å²) in [5.41, 5.74) is 2.46. The van der Waals surface area contributed by atoms with E-state index in [2.05, 4.69) is 0 Å². The molecule has 0 saturated heterocycles. The van der Waals surface area contributed by atoms with Crippen molar-refractivity contribution in [2.24, 2.45) is 0 Å². The van der Waals surface area contributed by atoms with Crippen molar-refractivity contribution in [1.29, 1.82) is 0 Å². The molecule has 174 valence electrons. The lowest BCUT2D eigenvalue weighted by molar-refractivity contribution is 0.0731. The number of hydrogen-bond acceptors (Lipinski definition) is 5. The largest absolute Gasteiger partial charge is 0.497 e. The highest BCUT2D eigenvalue weighted by Gasteiger charge is 2.27. The van der Waals surface area contributed by atoms with Gasteiger partial charge in [-0.05, 0) is 49.7 Å². The van der Waals surface area contributed by atoms with Crippen molar-refractivity contribution in [1.82, 2.24) is 14.5 Å². The molecule has 34 heavy (non-hydrogen) atoms. The van der Waals surface area contributed by atoms with Crippen LogP contribution in [0.3, 0.4) is 0 Å². The second-order valence-electron chi connectivity index (χ2n) is 8.07. The number of methoxy groups -OCH3 is 2. The first-order valence-corrected chi connectivity index (χ1v) is 10.9. The summed E-state index contributed by atoms with van der Waals surface area (Å²) in [6.07, 6.45) is 0. The van der Waals surface area contributed by atoms with Crippen molar-refractivity contribution in [2.75, 3.05) is 21.3 Å². The Bertz CT molecular complexity index is 1430. The third-order valence-corrected chi connectivity index (χ3v) is 6.07. The molecule has 0 N–H and O–H groups in total. The normalized spacial score (nSPS) is 11.8. The van der Waals surface area contributed by atoms with Crippen LogP contribution in [-0.4, -0.2) is 41.6 Å². The van der Waals surface area contributed by atoms with Crippen molar-refractivity contribution in [3.63, 3.8) is 0 Å². The van der Waals surface area contributed by atoms with E-state index in [0.29, 0.717) is 33.8 Å².